The first kappa shape index (κ1) is 13.1. The average molecular weight is 273 g/mol. The standard InChI is InChI=1S/C15H19N3O2/c1-15(2,11-4-3-7-16-8-11)14(20)17-9-13(19)18(10-17)12-5-6-12/h3-4,7-8,12H,5-6,9-10H2,1-2H3. The number of amides is 2. The fourth-order valence-corrected chi connectivity index (χ4v) is 2.66. The lowest BCUT2D eigenvalue weighted by atomic mass is 9.84. The molecular weight excluding hydrogens is 254 g/mol. The first-order chi connectivity index (χ1) is 9.50. The number of rotatable bonds is 3. The summed E-state index contributed by atoms with van der Waals surface area (Å²) in [6.07, 6.45) is 5.55. The highest BCUT2D eigenvalue weighted by Gasteiger charge is 2.43. The molecule has 0 atom stereocenters. The minimum absolute atomic E-state index is 0.0120. The van der Waals surface area contributed by atoms with E-state index in [0.29, 0.717) is 12.7 Å². The van der Waals surface area contributed by atoms with Crippen LogP contribution in [0.4, 0.5) is 0 Å². The Morgan fingerprint density at radius 3 is 2.75 bits per heavy atom. The van der Waals surface area contributed by atoms with Gasteiger partial charge in [0.1, 0.15) is 6.54 Å². The van der Waals surface area contributed by atoms with Gasteiger partial charge in [0.2, 0.25) is 11.8 Å². The second-order valence-electron chi connectivity index (χ2n) is 6.11. The zero-order valence-electron chi connectivity index (χ0n) is 11.9. The fraction of sp³-hybridized carbons (Fsp3) is 0.533. The van der Waals surface area contributed by atoms with Crippen LogP contribution in [0.25, 0.3) is 0 Å². The van der Waals surface area contributed by atoms with Gasteiger partial charge in [0.05, 0.1) is 12.1 Å². The third kappa shape index (κ3) is 2.17. The van der Waals surface area contributed by atoms with Crippen molar-refractivity contribution in [3.05, 3.63) is 30.1 Å². The van der Waals surface area contributed by atoms with Crippen molar-refractivity contribution in [2.75, 3.05) is 13.2 Å². The van der Waals surface area contributed by atoms with Crippen molar-refractivity contribution >= 4 is 11.8 Å². The smallest absolute Gasteiger partial charge is 0.243 e. The molecule has 5 heteroatoms. The molecule has 0 spiro atoms. The molecule has 20 heavy (non-hydrogen) atoms. The maximum atomic E-state index is 12.7. The highest BCUT2D eigenvalue weighted by atomic mass is 16.2. The second kappa shape index (κ2) is 4.58. The summed E-state index contributed by atoms with van der Waals surface area (Å²) in [5.74, 6) is 0.0600. The van der Waals surface area contributed by atoms with Crippen molar-refractivity contribution in [1.29, 1.82) is 0 Å². The van der Waals surface area contributed by atoms with E-state index in [1.54, 1.807) is 17.3 Å². The summed E-state index contributed by atoms with van der Waals surface area (Å²) in [5, 5.41) is 0. The molecular formula is C15H19N3O2. The van der Waals surface area contributed by atoms with Crippen LogP contribution in [0.3, 0.4) is 0 Å². The average Bonchev–Trinajstić information content (AvgIpc) is 3.22. The van der Waals surface area contributed by atoms with Crippen molar-refractivity contribution in [3.63, 3.8) is 0 Å². The molecule has 1 aromatic heterocycles. The predicted molar refractivity (Wildman–Crippen MR) is 73.7 cm³/mol. The summed E-state index contributed by atoms with van der Waals surface area (Å²) in [7, 11) is 0. The van der Waals surface area contributed by atoms with E-state index in [1.165, 1.54) is 0 Å². The number of carbonyl (C=O) groups excluding carboxylic acids is 2. The van der Waals surface area contributed by atoms with Crippen LogP contribution >= 0.6 is 0 Å². The van der Waals surface area contributed by atoms with Crippen LogP contribution in [-0.4, -0.2) is 45.9 Å². The van der Waals surface area contributed by atoms with Gasteiger partial charge in [0.15, 0.2) is 0 Å². The van der Waals surface area contributed by atoms with Crippen LogP contribution in [0, 0.1) is 0 Å². The molecule has 0 unspecified atom stereocenters. The van der Waals surface area contributed by atoms with Crippen LogP contribution in [0.2, 0.25) is 0 Å². The van der Waals surface area contributed by atoms with Gasteiger partial charge in [-0.15, -0.1) is 0 Å². The Balaban J connectivity index is 1.77. The maximum absolute atomic E-state index is 12.7. The molecule has 0 radical (unpaired) electrons. The van der Waals surface area contributed by atoms with Gasteiger partial charge in [-0.2, -0.15) is 0 Å². The van der Waals surface area contributed by atoms with Gasteiger partial charge in [0.25, 0.3) is 0 Å². The molecule has 0 bridgehead atoms. The first-order valence-corrected chi connectivity index (χ1v) is 6.99. The topological polar surface area (TPSA) is 53.5 Å². The number of hydrogen-bond acceptors (Lipinski definition) is 3. The third-order valence-electron chi connectivity index (χ3n) is 4.16. The molecule has 1 aliphatic carbocycles. The molecule has 0 aromatic carbocycles. The van der Waals surface area contributed by atoms with Gasteiger partial charge in [-0.1, -0.05) is 6.07 Å². The van der Waals surface area contributed by atoms with Gasteiger partial charge in [0, 0.05) is 18.4 Å². The van der Waals surface area contributed by atoms with Gasteiger partial charge < -0.3 is 9.80 Å². The predicted octanol–water partition coefficient (Wildman–Crippen LogP) is 1.15. The SMILES string of the molecule is CC(C)(C(=O)N1CC(=O)N(C2CC2)C1)c1cccnc1. The Hall–Kier alpha value is -1.91. The van der Waals surface area contributed by atoms with Crippen molar-refractivity contribution in [1.82, 2.24) is 14.8 Å². The Morgan fingerprint density at radius 2 is 2.15 bits per heavy atom. The van der Waals surface area contributed by atoms with Crippen LogP contribution in [-0.2, 0) is 15.0 Å². The van der Waals surface area contributed by atoms with E-state index in [0.717, 1.165) is 18.4 Å². The molecule has 1 aromatic rings. The molecule has 2 aliphatic rings. The minimum atomic E-state index is -0.659. The lowest BCUT2D eigenvalue weighted by Crippen LogP contribution is -2.43. The summed E-state index contributed by atoms with van der Waals surface area (Å²) in [6, 6.07) is 4.10. The molecule has 1 saturated carbocycles. The summed E-state index contributed by atoms with van der Waals surface area (Å²) >= 11 is 0. The summed E-state index contributed by atoms with van der Waals surface area (Å²) in [6.45, 7) is 4.41. The zero-order chi connectivity index (χ0) is 14.3. The Labute approximate surface area is 118 Å². The third-order valence-corrected chi connectivity index (χ3v) is 4.16. The van der Waals surface area contributed by atoms with Crippen molar-refractivity contribution < 1.29 is 9.59 Å². The van der Waals surface area contributed by atoms with E-state index in [9.17, 15) is 9.59 Å². The monoisotopic (exact) mass is 273 g/mol. The normalized spacial score (nSPS) is 19.6. The summed E-state index contributed by atoms with van der Waals surface area (Å²) in [4.78, 5) is 32.2. The molecule has 2 fully saturated rings. The molecule has 106 valence electrons. The van der Waals surface area contributed by atoms with Crippen LogP contribution in [0.1, 0.15) is 32.3 Å². The number of pyridine rings is 1. The van der Waals surface area contributed by atoms with Crippen LogP contribution in [0.15, 0.2) is 24.5 Å². The summed E-state index contributed by atoms with van der Waals surface area (Å²) in [5.41, 5.74) is 0.219. The van der Waals surface area contributed by atoms with Gasteiger partial charge in [-0.05, 0) is 38.3 Å². The highest BCUT2D eigenvalue weighted by molar-refractivity contribution is 5.93. The van der Waals surface area contributed by atoms with E-state index < -0.39 is 5.41 Å². The van der Waals surface area contributed by atoms with Crippen molar-refractivity contribution in [3.8, 4) is 0 Å². The maximum Gasteiger partial charge on any atom is 0.243 e. The quantitative estimate of drug-likeness (QED) is 0.830. The lowest BCUT2D eigenvalue weighted by Gasteiger charge is -2.29. The van der Waals surface area contributed by atoms with Gasteiger partial charge >= 0.3 is 0 Å². The molecule has 3 rings (SSSR count). The lowest BCUT2D eigenvalue weighted by molar-refractivity contribution is -0.136. The van der Waals surface area contributed by atoms with E-state index in [2.05, 4.69) is 4.98 Å². The van der Waals surface area contributed by atoms with E-state index in [-0.39, 0.29) is 18.4 Å². The van der Waals surface area contributed by atoms with E-state index >= 15 is 0 Å². The zero-order valence-corrected chi connectivity index (χ0v) is 11.9. The van der Waals surface area contributed by atoms with Gasteiger partial charge in [-0.25, -0.2) is 0 Å². The van der Waals surface area contributed by atoms with Gasteiger partial charge in [-0.3, -0.25) is 14.6 Å². The minimum Gasteiger partial charge on any atom is -0.320 e. The molecule has 2 heterocycles. The van der Waals surface area contributed by atoms with E-state index in [4.69, 9.17) is 0 Å². The largest absolute Gasteiger partial charge is 0.320 e. The first-order valence-electron chi connectivity index (χ1n) is 6.99. The Kier molecular flexibility index (Phi) is 3.00. The number of carbonyl (C=O) groups is 2. The highest BCUT2D eigenvalue weighted by Crippen LogP contribution is 2.32. The van der Waals surface area contributed by atoms with Crippen LogP contribution in [0.5, 0.6) is 0 Å². The molecule has 2 amide bonds. The van der Waals surface area contributed by atoms with Crippen molar-refractivity contribution in [2.45, 2.75) is 38.1 Å². The van der Waals surface area contributed by atoms with Crippen molar-refractivity contribution in [2.24, 2.45) is 0 Å². The van der Waals surface area contributed by atoms with Crippen LogP contribution < -0.4 is 0 Å². The summed E-state index contributed by atoms with van der Waals surface area (Å²) < 4.78 is 0. The molecule has 1 aliphatic heterocycles. The molecule has 5 nitrogen and oxygen atoms in total. The second-order valence-corrected chi connectivity index (χ2v) is 6.11. The fourth-order valence-electron chi connectivity index (χ4n) is 2.66. The molecule has 0 N–H and O–H groups in total. The number of hydrogen-bond donors (Lipinski definition) is 0. The Bertz CT molecular complexity index is 537. The number of nitrogens with zero attached hydrogens (tertiary/aromatic N) is 3. The van der Waals surface area contributed by atoms with E-state index in [1.807, 2.05) is 30.9 Å². The molecule has 1 saturated heterocycles. The number of aromatic nitrogens is 1. The Morgan fingerprint density at radius 1 is 1.40 bits per heavy atom.